The standard InChI is InChI=1S/C21H30N2O3/c1-2-3-4-8-11-22-12-15-26-21(16-22)17-23(13-14-25-18-21)20(24)19-9-6-5-7-10-19/h4-10H,2-3,11-18H2,1H3/b8-4+. The summed E-state index contributed by atoms with van der Waals surface area (Å²) in [6.45, 7) is 7.80. The number of nitrogens with zero attached hydrogens (tertiary/aromatic N) is 2. The fourth-order valence-corrected chi connectivity index (χ4v) is 3.61. The van der Waals surface area contributed by atoms with Crippen LogP contribution in [0.2, 0.25) is 0 Å². The van der Waals surface area contributed by atoms with Gasteiger partial charge in [0.05, 0.1) is 26.4 Å². The van der Waals surface area contributed by atoms with Crippen molar-refractivity contribution in [1.29, 1.82) is 0 Å². The van der Waals surface area contributed by atoms with Gasteiger partial charge in [0.25, 0.3) is 5.91 Å². The molecule has 0 radical (unpaired) electrons. The van der Waals surface area contributed by atoms with E-state index in [0.717, 1.165) is 31.6 Å². The molecule has 0 N–H and O–H groups in total. The van der Waals surface area contributed by atoms with Crippen molar-refractivity contribution in [2.45, 2.75) is 25.4 Å². The zero-order chi connectivity index (χ0) is 18.2. The molecule has 0 aliphatic carbocycles. The number of benzene rings is 1. The molecule has 2 saturated heterocycles. The molecule has 2 aliphatic rings. The molecule has 1 unspecified atom stereocenters. The van der Waals surface area contributed by atoms with Crippen LogP contribution in [-0.4, -0.2) is 73.9 Å². The lowest BCUT2D eigenvalue weighted by Crippen LogP contribution is -2.59. The van der Waals surface area contributed by atoms with Gasteiger partial charge in [-0.25, -0.2) is 0 Å². The van der Waals surface area contributed by atoms with E-state index in [0.29, 0.717) is 32.9 Å². The van der Waals surface area contributed by atoms with Crippen LogP contribution in [0.25, 0.3) is 0 Å². The number of morpholine rings is 1. The van der Waals surface area contributed by atoms with E-state index in [4.69, 9.17) is 9.47 Å². The van der Waals surface area contributed by atoms with E-state index in [1.807, 2.05) is 35.2 Å². The predicted octanol–water partition coefficient (Wildman–Crippen LogP) is 2.59. The number of allylic oxidation sites excluding steroid dienone is 1. The Bertz CT molecular complexity index is 605. The summed E-state index contributed by atoms with van der Waals surface area (Å²) in [5.41, 5.74) is 0.289. The van der Waals surface area contributed by atoms with Crippen LogP contribution in [-0.2, 0) is 9.47 Å². The Kier molecular flexibility index (Phi) is 6.83. The van der Waals surface area contributed by atoms with Crippen molar-refractivity contribution in [3.05, 3.63) is 48.0 Å². The molecule has 142 valence electrons. The summed E-state index contributed by atoms with van der Waals surface area (Å²) in [7, 11) is 0. The van der Waals surface area contributed by atoms with Crippen LogP contribution in [0.3, 0.4) is 0 Å². The van der Waals surface area contributed by atoms with E-state index in [1.165, 1.54) is 6.42 Å². The van der Waals surface area contributed by atoms with E-state index < -0.39 is 5.60 Å². The predicted molar refractivity (Wildman–Crippen MR) is 102 cm³/mol. The summed E-state index contributed by atoms with van der Waals surface area (Å²) in [5.74, 6) is 0.0547. The first kappa shape index (κ1) is 19.1. The van der Waals surface area contributed by atoms with E-state index in [-0.39, 0.29) is 5.91 Å². The molecule has 0 bridgehead atoms. The van der Waals surface area contributed by atoms with E-state index in [2.05, 4.69) is 24.0 Å². The highest BCUT2D eigenvalue weighted by molar-refractivity contribution is 5.94. The number of carbonyl (C=O) groups excluding carboxylic acids is 1. The average Bonchev–Trinajstić information content (AvgIpc) is 2.88. The Morgan fingerprint density at radius 1 is 1.15 bits per heavy atom. The highest BCUT2D eigenvalue weighted by Crippen LogP contribution is 2.23. The number of hydrogen-bond acceptors (Lipinski definition) is 4. The smallest absolute Gasteiger partial charge is 0.254 e. The second-order valence-corrected chi connectivity index (χ2v) is 7.17. The highest BCUT2D eigenvalue weighted by Gasteiger charge is 2.41. The SMILES string of the molecule is CCC/C=C/CN1CCOC2(COCCN(C(=O)c3ccccc3)C2)C1. The van der Waals surface area contributed by atoms with Gasteiger partial charge >= 0.3 is 0 Å². The summed E-state index contributed by atoms with van der Waals surface area (Å²) in [6.07, 6.45) is 6.79. The largest absolute Gasteiger partial charge is 0.376 e. The molecule has 1 amide bonds. The number of hydrogen-bond donors (Lipinski definition) is 0. The van der Waals surface area contributed by atoms with Crippen molar-refractivity contribution in [2.24, 2.45) is 0 Å². The maximum absolute atomic E-state index is 12.9. The maximum Gasteiger partial charge on any atom is 0.254 e. The minimum atomic E-state index is -0.433. The van der Waals surface area contributed by atoms with Crippen LogP contribution in [0.5, 0.6) is 0 Å². The first-order valence-corrected chi connectivity index (χ1v) is 9.66. The van der Waals surface area contributed by atoms with Crippen LogP contribution in [0.1, 0.15) is 30.1 Å². The van der Waals surface area contributed by atoms with Gasteiger partial charge in [0.2, 0.25) is 0 Å². The van der Waals surface area contributed by atoms with Gasteiger partial charge in [-0.3, -0.25) is 9.69 Å². The number of carbonyl (C=O) groups is 1. The lowest BCUT2D eigenvalue weighted by Gasteiger charge is -2.43. The summed E-state index contributed by atoms with van der Waals surface area (Å²) in [5, 5.41) is 0. The van der Waals surface area contributed by atoms with Crippen LogP contribution in [0, 0.1) is 0 Å². The third kappa shape index (κ3) is 4.93. The molecule has 1 spiro atoms. The first-order valence-electron chi connectivity index (χ1n) is 9.66. The molecule has 2 fully saturated rings. The molecule has 0 saturated carbocycles. The molecule has 5 nitrogen and oxygen atoms in total. The van der Waals surface area contributed by atoms with Crippen molar-refractivity contribution in [3.8, 4) is 0 Å². The molecular weight excluding hydrogens is 328 g/mol. The van der Waals surface area contributed by atoms with E-state index >= 15 is 0 Å². The van der Waals surface area contributed by atoms with E-state index in [9.17, 15) is 4.79 Å². The molecule has 5 heteroatoms. The van der Waals surface area contributed by atoms with Crippen molar-refractivity contribution in [2.75, 3.05) is 52.5 Å². The molecule has 0 aromatic heterocycles. The van der Waals surface area contributed by atoms with Crippen LogP contribution >= 0.6 is 0 Å². The summed E-state index contributed by atoms with van der Waals surface area (Å²) in [6, 6.07) is 9.47. The number of unbranched alkanes of at least 4 members (excludes halogenated alkanes) is 1. The van der Waals surface area contributed by atoms with Crippen LogP contribution in [0.4, 0.5) is 0 Å². The molecule has 1 atom stereocenters. The molecule has 1 aromatic carbocycles. The Morgan fingerprint density at radius 3 is 2.81 bits per heavy atom. The van der Waals surface area contributed by atoms with Crippen molar-refractivity contribution in [3.63, 3.8) is 0 Å². The zero-order valence-corrected chi connectivity index (χ0v) is 15.7. The summed E-state index contributed by atoms with van der Waals surface area (Å²) >= 11 is 0. The molecule has 3 rings (SSSR count). The van der Waals surface area contributed by atoms with Gasteiger partial charge in [-0.15, -0.1) is 0 Å². The first-order chi connectivity index (χ1) is 12.7. The van der Waals surface area contributed by atoms with Gasteiger partial charge in [-0.2, -0.15) is 0 Å². The van der Waals surface area contributed by atoms with Gasteiger partial charge in [0, 0.05) is 31.7 Å². The van der Waals surface area contributed by atoms with Crippen molar-refractivity contribution in [1.82, 2.24) is 9.80 Å². The molecule has 26 heavy (non-hydrogen) atoms. The minimum absolute atomic E-state index is 0.0547. The van der Waals surface area contributed by atoms with Crippen LogP contribution < -0.4 is 0 Å². The average molecular weight is 358 g/mol. The van der Waals surface area contributed by atoms with E-state index in [1.54, 1.807) is 0 Å². The minimum Gasteiger partial charge on any atom is -0.376 e. The quantitative estimate of drug-likeness (QED) is 0.759. The zero-order valence-electron chi connectivity index (χ0n) is 15.7. The third-order valence-electron chi connectivity index (χ3n) is 4.97. The molecule has 2 aliphatic heterocycles. The summed E-state index contributed by atoms with van der Waals surface area (Å²) in [4.78, 5) is 17.2. The van der Waals surface area contributed by atoms with Gasteiger partial charge in [0.15, 0.2) is 0 Å². The molecule has 2 heterocycles. The Morgan fingerprint density at radius 2 is 2.00 bits per heavy atom. The maximum atomic E-state index is 12.9. The van der Waals surface area contributed by atoms with Gasteiger partial charge in [-0.05, 0) is 18.6 Å². The van der Waals surface area contributed by atoms with Crippen LogP contribution in [0.15, 0.2) is 42.5 Å². The topological polar surface area (TPSA) is 42.0 Å². The van der Waals surface area contributed by atoms with Crippen molar-refractivity contribution >= 4 is 5.91 Å². The highest BCUT2D eigenvalue weighted by atomic mass is 16.5. The third-order valence-corrected chi connectivity index (χ3v) is 4.97. The second-order valence-electron chi connectivity index (χ2n) is 7.17. The monoisotopic (exact) mass is 358 g/mol. The summed E-state index contributed by atoms with van der Waals surface area (Å²) < 4.78 is 12.0. The molecule has 1 aromatic rings. The molecular formula is C21H30N2O3. The lowest BCUT2D eigenvalue weighted by molar-refractivity contribution is -0.137. The van der Waals surface area contributed by atoms with Gasteiger partial charge < -0.3 is 14.4 Å². The number of rotatable bonds is 5. The Hall–Kier alpha value is -1.69. The fourth-order valence-electron chi connectivity index (χ4n) is 3.61. The fraction of sp³-hybridized carbons (Fsp3) is 0.571. The lowest BCUT2D eigenvalue weighted by atomic mass is 10.0. The van der Waals surface area contributed by atoms with Gasteiger partial charge in [0.1, 0.15) is 5.60 Å². The van der Waals surface area contributed by atoms with Gasteiger partial charge in [-0.1, -0.05) is 43.7 Å². The number of ether oxygens (including phenoxy) is 2. The Labute approximate surface area is 156 Å². The Balaban J connectivity index is 1.66. The van der Waals surface area contributed by atoms with Crippen molar-refractivity contribution < 1.29 is 14.3 Å². The number of amides is 1. The second kappa shape index (κ2) is 9.31. The normalized spacial score (nSPS) is 24.9.